The van der Waals surface area contributed by atoms with Crippen LogP contribution in [0, 0.1) is 6.92 Å². The molecular formula is C14H17N3O2S. The van der Waals surface area contributed by atoms with E-state index in [1.165, 1.54) is 7.11 Å². The maximum Gasteiger partial charge on any atom is 0.337 e. The predicted octanol–water partition coefficient (Wildman–Crippen LogP) is 2.47. The number of carbonyl (C=O) groups excluding carboxylic acids is 1. The first-order valence-electron chi connectivity index (χ1n) is 6.23. The number of aromatic nitrogens is 1. The summed E-state index contributed by atoms with van der Waals surface area (Å²) in [5.74, 6) is -0.372. The molecule has 0 unspecified atom stereocenters. The van der Waals surface area contributed by atoms with E-state index in [4.69, 9.17) is 10.5 Å². The number of aryl methyl sites for hydroxylation is 1. The van der Waals surface area contributed by atoms with Gasteiger partial charge in [-0.25, -0.2) is 9.78 Å². The molecule has 2 rings (SSSR count). The Morgan fingerprint density at radius 1 is 1.50 bits per heavy atom. The van der Waals surface area contributed by atoms with Gasteiger partial charge < -0.3 is 15.8 Å². The minimum absolute atomic E-state index is 0.372. The van der Waals surface area contributed by atoms with E-state index >= 15 is 0 Å². The van der Waals surface area contributed by atoms with Crippen LogP contribution in [0.1, 0.15) is 21.1 Å². The van der Waals surface area contributed by atoms with Gasteiger partial charge in [-0.2, -0.15) is 0 Å². The summed E-state index contributed by atoms with van der Waals surface area (Å²) in [4.78, 5) is 15.9. The minimum atomic E-state index is -0.372. The van der Waals surface area contributed by atoms with E-state index in [1.54, 1.807) is 29.5 Å². The average Bonchev–Trinajstić information content (AvgIpc) is 2.85. The zero-order chi connectivity index (χ0) is 14.5. The highest BCUT2D eigenvalue weighted by Gasteiger charge is 2.08. The molecule has 0 spiro atoms. The number of benzene rings is 1. The zero-order valence-electron chi connectivity index (χ0n) is 11.5. The van der Waals surface area contributed by atoms with Crippen LogP contribution < -0.4 is 11.1 Å². The van der Waals surface area contributed by atoms with E-state index in [9.17, 15) is 4.79 Å². The minimum Gasteiger partial charge on any atom is -0.465 e. The molecule has 2 aromatic rings. The van der Waals surface area contributed by atoms with Crippen molar-refractivity contribution in [2.75, 3.05) is 24.7 Å². The standard InChI is InChI=1S/C14H17N3O2S/c1-9-8-20-13(17-9)5-6-16-12-7-10(14(18)19-2)3-4-11(12)15/h3-4,7-8,16H,5-6,15H2,1-2H3. The Bertz CT molecular complexity index is 610. The molecule has 106 valence electrons. The average molecular weight is 291 g/mol. The Morgan fingerprint density at radius 2 is 2.30 bits per heavy atom. The van der Waals surface area contributed by atoms with Gasteiger partial charge in [0.25, 0.3) is 0 Å². The maximum absolute atomic E-state index is 11.5. The Morgan fingerprint density at radius 3 is 2.95 bits per heavy atom. The number of anilines is 2. The zero-order valence-corrected chi connectivity index (χ0v) is 12.3. The van der Waals surface area contributed by atoms with Crippen molar-refractivity contribution in [1.29, 1.82) is 0 Å². The second-order valence-electron chi connectivity index (χ2n) is 4.35. The van der Waals surface area contributed by atoms with Crippen LogP contribution >= 0.6 is 11.3 Å². The monoisotopic (exact) mass is 291 g/mol. The van der Waals surface area contributed by atoms with Crippen LogP contribution in [-0.4, -0.2) is 24.6 Å². The Balaban J connectivity index is 1.99. The Kier molecular flexibility index (Phi) is 4.57. The van der Waals surface area contributed by atoms with E-state index in [0.29, 0.717) is 17.8 Å². The van der Waals surface area contributed by atoms with Gasteiger partial charge >= 0.3 is 5.97 Å². The molecule has 0 fully saturated rings. The topological polar surface area (TPSA) is 77.2 Å². The Labute approximate surface area is 121 Å². The fourth-order valence-electron chi connectivity index (χ4n) is 1.78. The normalized spacial score (nSPS) is 10.3. The molecule has 0 aliphatic heterocycles. The molecule has 20 heavy (non-hydrogen) atoms. The molecule has 5 nitrogen and oxygen atoms in total. The van der Waals surface area contributed by atoms with Crippen LogP contribution in [0.15, 0.2) is 23.6 Å². The number of nitrogens with two attached hydrogens (primary N) is 1. The number of rotatable bonds is 5. The number of nitrogens with one attached hydrogen (secondary N) is 1. The van der Waals surface area contributed by atoms with E-state index in [0.717, 1.165) is 22.8 Å². The van der Waals surface area contributed by atoms with Gasteiger partial charge in [-0.3, -0.25) is 0 Å². The molecule has 1 aromatic carbocycles. The predicted molar refractivity (Wildman–Crippen MR) is 81.2 cm³/mol. The maximum atomic E-state index is 11.5. The first-order chi connectivity index (χ1) is 9.60. The van der Waals surface area contributed by atoms with E-state index in [-0.39, 0.29) is 5.97 Å². The quantitative estimate of drug-likeness (QED) is 0.653. The third-order valence-electron chi connectivity index (χ3n) is 2.80. The molecule has 0 saturated carbocycles. The van der Waals surface area contributed by atoms with Gasteiger partial charge in [-0.15, -0.1) is 11.3 Å². The van der Waals surface area contributed by atoms with E-state index in [1.807, 2.05) is 12.3 Å². The van der Waals surface area contributed by atoms with Crippen LogP contribution in [0.25, 0.3) is 0 Å². The largest absolute Gasteiger partial charge is 0.465 e. The highest BCUT2D eigenvalue weighted by atomic mass is 32.1. The van der Waals surface area contributed by atoms with Gasteiger partial charge in [0.1, 0.15) is 0 Å². The second kappa shape index (κ2) is 6.38. The van der Waals surface area contributed by atoms with Crippen molar-refractivity contribution >= 4 is 28.7 Å². The van der Waals surface area contributed by atoms with Crippen molar-refractivity contribution in [2.24, 2.45) is 0 Å². The highest BCUT2D eigenvalue weighted by Crippen LogP contribution is 2.20. The number of methoxy groups -OCH3 is 1. The summed E-state index contributed by atoms with van der Waals surface area (Å²) in [5, 5.41) is 6.33. The molecule has 1 aromatic heterocycles. The lowest BCUT2D eigenvalue weighted by molar-refractivity contribution is 0.0601. The summed E-state index contributed by atoms with van der Waals surface area (Å²) in [6, 6.07) is 5.05. The van der Waals surface area contributed by atoms with Crippen molar-refractivity contribution in [3.05, 3.63) is 39.8 Å². The van der Waals surface area contributed by atoms with Gasteiger partial charge in [0.2, 0.25) is 0 Å². The number of nitrogens with zero attached hydrogens (tertiary/aromatic N) is 1. The molecule has 0 aliphatic carbocycles. The number of nitrogen functional groups attached to an aromatic ring is 1. The van der Waals surface area contributed by atoms with Crippen molar-refractivity contribution in [3.8, 4) is 0 Å². The SMILES string of the molecule is COC(=O)c1ccc(N)c(NCCc2nc(C)cs2)c1. The lowest BCUT2D eigenvalue weighted by Crippen LogP contribution is -2.09. The summed E-state index contributed by atoms with van der Waals surface area (Å²) in [6.45, 7) is 2.69. The molecule has 0 radical (unpaired) electrons. The van der Waals surface area contributed by atoms with Crippen LogP contribution in [-0.2, 0) is 11.2 Å². The number of hydrogen-bond donors (Lipinski definition) is 2. The summed E-state index contributed by atoms with van der Waals surface area (Å²) in [5.41, 5.74) is 8.75. The summed E-state index contributed by atoms with van der Waals surface area (Å²) in [6.07, 6.45) is 0.820. The smallest absolute Gasteiger partial charge is 0.337 e. The van der Waals surface area contributed by atoms with Crippen molar-refractivity contribution in [3.63, 3.8) is 0 Å². The van der Waals surface area contributed by atoms with Crippen LogP contribution in [0.4, 0.5) is 11.4 Å². The van der Waals surface area contributed by atoms with Crippen molar-refractivity contribution < 1.29 is 9.53 Å². The molecule has 0 saturated heterocycles. The van der Waals surface area contributed by atoms with Crippen molar-refractivity contribution in [1.82, 2.24) is 4.98 Å². The molecular weight excluding hydrogens is 274 g/mol. The molecule has 0 amide bonds. The van der Waals surface area contributed by atoms with Gasteiger partial charge in [0, 0.05) is 24.0 Å². The van der Waals surface area contributed by atoms with Crippen molar-refractivity contribution in [2.45, 2.75) is 13.3 Å². The molecule has 0 atom stereocenters. The van der Waals surface area contributed by atoms with Gasteiger partial charge in [-0.1, -0.05) is 0 Å². The van der Waals surface area contributed by atoms with E-state index < -0.39 is 0 Å². The summed E-state index contributed by atoms with van der Waals surface area (Å²) < 4.78 is 4.69. The lowest BCUT2D eigenvalue weighted by Gasteiger charge is -2.10. The fourth-order valence-corrected chi connectivity index (χ4v) is 2.55. The molecule has 6 heteroatoms. The Hall–Kier alpha value is -2.08. The van der Waals surface area contributed by atoms with Crippen LogP contribution in [0.2, 0.25) is 0 Å². The van der Waals surface area contributed by atoms with Gasteiger partial charge in [0.15, 0.2) is 0 Å². The number of ether oxygens (including phenoxy) is 1. The summed E-state index contributed by atoms with van der Waals surface area (Å²) in [7, 11) is 1.36. The van der Waals surface area contributed by atoms with Crippen LogP contribution in [0.3, 0.4) is 0 Å². The number of esters is 1. The lowest BCUT2D eigenvalue weighted by atomic mass is 10.1. The molecule has 0 aliphatic rings. The fraction of sp³-hybridized carbons (Fsp3) is 0.286. The second-order valence-corrected chi connectivity index (χ2v) is 5.30. The molecule has 1 heterocycles. The third kappa shape index (κ3) is 3.48. The first-order valence-corrected chi connectivity index (χ1v) is 7.11. The highest BCUT2D eigenvalue weighted by molar-refractivity contribution is 7.09. The van der Waals surface area contributed by atoms with Gasteiger partial charge in [-0.05, 0) is 25.1 Å². The number of thiazole rings is 1. The third-order valence-corrected chi connectivity index (χ3v) is 3.82. The van der Waals surface area contributed by atoms with E-state index in [2.05, 4.69) is 10.3 Å². The van der Waals surface area contributed by atoms with Crippen LogP contribution in [0.5, 0.6) is 0 Å². The summed E-state index contributed by atoms with van der Waals surface area (Å²) >= 11 is 1.64. The number of hydrogen-bond acceptors (Lipinski definition) is 6. The first kappa shape index (κ1) is 14.3. The van der Waals surface area contributed by atoms with Gasteiger partial charge in [0.05, 0.1) is 29.1 Å². The molecule has 3 N–H and O–H groups in total. The number of carbonyl (C=O) groups is 1. The molecule has 0 bridgehead atoms.